The Balaban J connectivity index is 1.50. The average molecular weight is 315 g/mol. The van der Waals surface area contributed by atoms with Gasteiger partial charge >= 0.3 is 5.97 Å². The van der Waals surface area contributed by atoms with Crippen molar-refractivity contribution in [3.05, 3.63) is 35.4 Å². The van der Waals surface area contributed by atoms with E-state index in [-0.39, 0.29) is 0 Å². The zero-order chi connectivity index (χ0) is 16.4. The molecule has 1 aromatic rings. The highest BCUT2D eigenvalue weighted by atomic mass is 16.4. The average Bonchev–Trinajstić information content (AvgIpc) is 2.48. The van der Waals surface area contributed by atoms with Gasteiger partial charge < -0.3 is 10.0 Å². The molecule has 2 unspecified atom stereocenters. The number of hydrogen-bond acceptors (Lipinski definition) is 2. The second-order valence-electron chi connectivity index (χ2n) is 7.15. The molecule has 0 spiro atoms. The van der Waals surface area contributed by atoms with Crippen LogP contribution >= 0.6 is 0 Å². The zero-order valence-electron chi connectivity index (χ0n) is 13.7. The molecule has 1 saturated carbocycles. The third-order valence-electron chi connectivity index (χ3n) is 5.59. The first-order valence-corrected chi connectivity index (χ1v) is 8.65. The molecule has 1 aromatic carbocycles. The van der Waals surface area contributed by atoms with Crippen LogP contribution in [0.25, 0.3) is 0 Å². The van der Waals surface area contributed by atoms with E-state index in [1.807, 2.05) is 17.0 Å². The number of rotatable bonds is 4. The summed E-state index contributed by atoms with van der Waals surface area (Å²) in [6.07, 6.45) is 5.73. The van der Waals surface area contributed by atoms with Gasteiger partial charge in [-0.15, -0.1) is 0 Å². The van der Waals surface area contributed by atoms with E-state index < -0.39 is 5.97 Å². The Bertz CT molecular complexity index is 575. The highest BCUT2D eigenvalue weighted by Crippen LogP contribution is 2.34. The predicted molar refractivity (Wildman–Crippen MR) is 88.5 cm³/mol. The van der Waals surface area contributed by atoms with Gasteiger partial charge in [-0.05, 0) is 36.0 Å². The first-order valence-electron chi connectivity index (χ1n) is 8.65. The lowest BCUT2D eigenvalue weighted by Crippen LogP contribution is -2.49. The molecule has 3 rings (SSSR count). The number of carbonyl (C=O) groups excluding carboxylic acids is 1. The van der Waals surface area contributed by atoms with Crippen molar-refractivity contribution >= 4 is 11.9 Å². The number of nitrogens with zero attached hydrogens (tertiary/aromatic N) is 1. The molecule has 1 heterocycles. The van der Waals surface area contributed by atoms with Gasteiger partial charge in [0.25, 0.3) is 0 Å². The molecular formula is C19H25NO3. The maximum absolute atomic E-state index is 12.4. The third-order valence-corrected chi connectivity index (χ3v) is 5.59. The summed E-state index contributed by atoms with van der Waals surface area (Å²) in [6, 6.07) is 7.04. The Kier molecular flexibility index (Phi) is 4.69. The fraction of sp³-hybridized carbons (Fsp3) is 0.579. The number of carboxylic acids is 1. The number of likely N-dealkylation sites (tertiary alicyclic amines) is 1. The predicted octanol–water partition coefficient (Wildman–Crippen LogP) is 3.53. The highest BCUT2D eigenvalue weighted by molar-refractivity contribution is 5.87. The monoisotopic (exact) mass is 315 g/mol. The van der Waals surface area contributed by atoms with Crippen LogP contribution in [0.4, 0.5) is 0 Å². The van der Waals surface area contributed by atoms with Gasteiger partial charge in [-0.3, -0.25) is 4.79 Å². The summed E-state index contributed by atoms with van der Waals surface area (Å²) in [7, 11) is 0. The number of hydrogen-bond donors (Lipinski definition) is 1. The van der Waals surface area contributed by atoms with E-state index in [0.717, 1.165) is 18.7 Å². The molecule has 1 aliphatic heterocycles. The Labute approximate surface area is 137 Å². The number of benzene rings is 1. The molecule has 1 amide bonds. The smallest absolute Gasteiger partial charge is 0.335 e. The molecular weight excluding hydrogens is 290 g/mol. The molecule has 1 N–H and O–H groups in total. The minimum absolute atomic E-state index is 0.294. The molecule has 23 heavy (non-hydrogen) atoms. The van der Waals surface area contributed by atoms with Crippen molar-refractivity contribution in [3.63, 3.8) is 0 Å². The Morgan fingerprint density at radius 1 is 1.13 bits per heavy atom. The van der Waals surface area contributed by atoms with Crippen LogP contribution in [0.5, 0.6) is 0 Å². The molecule has 1 aliphatic carbocycles. The Morgan fingerprint density at radius 3 is 2.39 bits per heavy atom. The molecule has 0 aromatic heterocycles. The molecule has 2 aliphatic rings. The van der Waals surface area contributed by atoms with Crippen molar-refractivity contribution in [2.75, 3.05) is 13.1 Å². The molecule has 0 radical (unpaired) electrons. The van der Waals surface area contributed by atoms with E-state index in [1.165, 1.54) is 25.7 Å². The van der Waals surface area contributed by atoms with E-state index in [2.05, 4.69) is 6.92 Å². The Hall–Kier alpha value is -1.84. The molecule has 2 atom stereocenters. The van der Waals surface area contributed by atoms with E-state index in [4.69, 9.17) is 5.11 Å². The van der Waals surface area contributed by atoms with Crippen molar-refractivity contribution < 1.29 is 14.7 Å². The fourth-order valence-electron chi connectivity index (χ4n) is 3.84. The third kappa shape index (κ3) is 3.57. The van der Waals surface area contributed by atoms with E-state index in [9.17, 15) is 9.59 Å². The van der Waals surface area contributed by atoms with Gasteiger partial charge in [0.15, 0.2) is 0 Å². The molecule has 4 heteroatoms. The zero-order valence-corrected chi connectivity index (χ0v) is 13.7. The van der Waals surface area contributed by atoms with E-state index >= 15 is 0 Å². The normalized spacial score (nSPS) is 25.0. The summed E-state index contributed by atoms with van der Waals surface area (Å²) in [4.78, 5) is 25.2. The molecule has 2 fully saturated rings. The summed E-state index contributed by atoms with van der Waals surface area (Å²) in [5, 5.41) is 8.92. The van der Waals surface area contributed by atoms with Crippen LogP contribution in [-0.2, 0) is 4.79 Å². The second kappa shape index (κ2) is 6.73. The fourth-order valence-corrected chi connectivity index (χ4v) is 3.84. The van der Waals surface area contributed by atoms with Crippen LogP contribution in [0.1, 0.15) is 60.9 Å². The summed E-state index contributed by atoms with van der Waals surface area (Å²) < 4.78 is 0. The van der Waals surface area contributed by atoms with E-state index in [1.54, 1.807) is 12.1 Å². The van der Waals surface area contributed by atoms with Gasteiger partial charge in [0, 0.05) is 25.4 Å². The topological polar surface area (TPSA) is 57.6 Å². The van der Waals surface area contributed by atoms with Crippen LogP contribution < -0.4 is 0 Å². The summed E-state index contributed by atoms with van der Waals surface area (Å²) >= 11 is 0. The second-order valence-corrected chi connectivity index (χ2v) is 7.15. The maximum Gasteiger partial charge on any atom is 0.335 e. The minimum atomic E-state index is -0.899. The molecule has 0 bridgehead atoms. The van der Waals surface area contributed by atoms with Crippen molar-refractivity contribution in [1.82, 2.24) is 4.90 Å². The lowest BCUT2D eigenvalue weighted by Gasteiger charge is -2.41. The van der Waals surface area contributed by atoms with Gasteiger partial charge in [0.1, 0.15) is 0 Å². The largest absolute Gasteiger partial charge is 0.478 e. The van der Waals surface area contributed by atoms with Gasteiger partial charge in [-0.1, -0.05) is 38.3 Å². The summed E-state index contributed by atoms with van der Waals surface area (Å²) in [5.41, 5.74) is 1.44. The lowest BCUT2D eigenvalue weighted by atomic mass is 9.78. The Morgan fingerprint density at radius 2 is 1.78 bits per heavy atom. The van der Waals surface area contributed by atoms with Crippen LogP contribution in [0.3, 0.4) is 0 Å². The van der Waals surface area contributed by atoms with Crippen molar-refractivity contribution in [1.29, 1.82) is 0 Å². The minimum Gasteiger partial charge on any atom is -0.478 e. The quantitative estimate of drug-likeness (QED) is 0.924. The van der Waals surface area contributed by atoms with E-state index in [0.29, 0.717) is 35.6 Å². The van der Waals surface area contributed by atoms with Gasteiger partial charge in [0.05, 0.1) is 5.56 Å². The van der Waals surface area contributed by atoms with Crippen LogP contribution in [0.15, 0.2) is 24.3 Å². The lowest BCUT2D eigenvalue weighted by molar-refractivity contribution is -0.137. The maximum atomic E-state index is 12.4. The first-order chi connectivity index (χ1) is 11.0. The van der Waals surface area contributed by atoms with Crippen molar-refractivity contribution in [3.8, 4) is 0 Å². The molecule has 124 valence electrons. The number of carboxylic acid groups (broad SMARTS) is 1. The van der Waals surface area contributed by atoms with Crippen LogP contribution in [0.2, 0.25) is 0 Å². The summed E-state index contributed by atoms with van der Waals surface area (Å²) in [6.45, 7) is 3.82. The number of amides is 1. The SMILES string of the molecule is CC1CCCCC1CC(=O)N1CC(c2ccc(C(=O)O)cc2)C1. The first kappa shape index (κ1) is 16.0. The number of aromatic carboxylic acids is 1. The van der Waals surface area contributed by atoms with Crippen LogP contribution in [-0.4, -0.2) is 35.0 Å². The molecule has 1 saturated heterocycles. The summed E-state index contributed by atoms with van der Waals surface area (Å²) in [5.74, 6) is 0.981. The number of carbonyl (C=O) groups is 2. The van der Waals surface area contributed by atoms with Crippen molar-refractivity contribution in [2.45, 2.75) is 44.9 Å². The standard InChI is InChI=1S/C19H25NO3/c1-13-4-2-3-5-16(13)10-18(21)20-11-17(12-20)14-6-8-15(9-7-14)19(22)23/h6-9,13,16-17H,2-5,10-12H2,1H3,(H,22,23). The van der Waals surface area contributed by atoms with Gasteiger partial charge in [-0.2, -0.15) is 0 Å². The highest BCUT2D eigenvalue weighted by Gasteiger charge is 2.33. The van der Waals surface area contributed by atoms with Crippen LogP contribution in [0, 0.1) is 11.8 Å². The van der Waals surface area contributed by atoms with Gasteiger partial charge in [-0.25, -0.2) is 4.79 Å². The van der Waals surface area contributed by atoms with Crippen molar-refractivity contribution in [2.24, 2.45) is 11.8 Å². The van der Waals surface area contributed by atoms with Gasteiger partial charge in [0.2, 0.25) is 5.91 Å². The molecule has 4 nitrogen and oxygen atoms in total.